The van der Waals surface area contributed by atoms with Crippen LogP contribution in [0.2, 0.25) is 0 Å². The van der Waals surface area contributed by atoms with Crippen LogP contribution in [-0.2, 0) is 35.1 Å². The van der Waals surface area contributed by atoms with Gasteiger partial charge >= 0.3 is 0 Å². The molecule has 39 heavy (non-hydrogen) atoms. The molecule has 0 spiro atoms. The van der Waals surface area contributed by atoms with Crippen LogP contribution in [0.4, 0.5) is 5.82 Å². The molecule has 1 aliphatic carbocycles. The lowest BCUT2D eigenvalue weighted by molar-refractivity contribution is -0.162. The lowest BCUT2D eigenvalue weighted by Gasteiger charge is -2.24. The number of benzene rings is 1. The van der Waals surface area contributed by atoms with E-state index in [0.717, 1.165) is 40.8 Å². The SMILES string of the molecule is COc1ccc(CN(C)c2ncnc3c2ccn3[C@@H]2C[C@H](COCCOS(C)(=O)=O)[C@H]3OC(C)(C)O[C@H]32)cc1. The van der Waals surface area contributed by atoms with E-state index in [2.05, 4.69) is 25.5 Å². The van der Waals surface area contributed by atoms with Gasteiger partial charge in [0.05, 0.1) is 50.7 Å². The van der Waals surface area contributed by atoms with Crippen molar-refractivity contribution in [2.24, 2.45) is 5.92 Å². The summed E-state index contributed by atoms with van der Waals surface area (Å²) in [7, 11) is 0.187. The molecule has 3 heterocycles. The molecule has 1 saturated heterocycles. The van der Waals surface area contributed by atoms with Crippen molar-refractivity contribution in [2.75, 3.05) is 45.1 Å². The second-order valence-electron chi connectivity index (χ2n) is 10.6. The molecule has 1 aliphatic heterocycles. The first-order valence-corrected chi connectivity index (χ1v) is 14.8. The number of hydrogen-bond donors (Lipinski definition) is 0. The highest BCUT2D eigenvalue weighted by atomic mass is 32.2. The normalized spacial score (nSPS) is 24.2. The zero-order chi connectivity index (χ0) is 27.8. The highest BCUT2D eigenvalue weighted by Crippen LogP contribution is 2.48. The Kier molecular flexibility index (Phi) is 7.84. The summed E-state index contributed by atoms with van der Waals surface area (Å²) in [6.07, 6.45) is 5.11. The van der Waals surface area contributed by atoms with E-state index >= 15 is 0 Å². The number of aromatic nitrogens is 3. The standard InChI is InChI=1S/C27H36N4O7S/c1-27(2)37-23-19(16-35-12-13-36-39(5,32)33)14-22(24(23)38-27)31-11-10-21-25(28-17-29-26(21)31)30(3)15-18-6-8-20(34-4)9-7-18/h6-11,17,19,22-24H,12-16H2,1-5H3/t19-,22-,23-,24+/m1/s1. The highest BCUT2D eigenvalue weighted by Gasteiger charge is 2.54. The summed E-state index contributed by atoms with van der Waals surface area (Å²) in [6.45, 7) is 5.10. The molecule has 3 aromatic rings. The fourth-order valence-electron chi connectivity index (χ4n) is 5.58. The molecule has 0 N–H and O–H groups in total. The first kappa shape index (κ1) is 27.8. The molecule has 11 nitrogen and oxygen atoms in total. The quantitative estimate of drug-likeness (QED) is 0.256. The van der Waals surface area contributed by atoms with Gasteiger partial charge in [0.2, 0.25) is 0 Å². The maximum atomic E-state index is 11.2. The predicted molar refractivity (Wildman–Crippen MR) is 145 cm³/mol. The third kappa shape index (κ3) is 6.20. The Labute approximate surface area is 229 Å². The van der Waals surface area contributed by atoms with Crippen LogP contribution in [0.25, 0.3) is 11.0 Å². The summed E-state index contributed by atoms with van der Waals surface area (Å²) < 4.78 is 53.1. The van der Waals surface area contributed by atoms with Crippen LogP contribution in [0.3, 0.4) is 0 Å². The van der Waals surface area contributed by atoms with Crippen molar-refractivity contribution < 1.29 is 31.5 Å². The third-order valence-electron chi connectivity index (χ3n) is 7.19. The molecule has 1 saturated carbocycles. The number of anilines is 1. The van der Waals surface area contributed by atoms with Gasteiger partial charge in [-0.2, -0.15) is 8.42 Å². The zero-order valence-corrected chi connectivity index (χ0v) is 23.8. The minimum Gasteiger partial charge on any atom is -0.497 e. The van der Waals surface area contributed by atoms with E-state index in [-0.39, 0.29) is 37.4 Å². The van der Waals surface area contributed by atoms with Crippen molar-refractivity contribution in [3.05, 3.63) is 48.4 Å². The summed E-state index contributed by atoms with van der Waals surface area (Å²) in [5, 5.41) is 0.959. The van der Waals surface area contributed by atoms with E-state index in [0.29, 0.717) is 13.2 Å². The summed E-state index contributed by atoms with van der Waals surface area (Å²) in [4.78, 5) is 11.4. The molecule has 5 rings (SSSR count). The van der Waals surface area contributed by atoms with Crippen LogP contribution in [-0.4, -0.2) is 81.2 Å². The smallest absolute Gasteiger partial charge is 0.264 e. The molecule has 212 valence electrons. The van der Waals surface area contributed by atoms with Gasteiger partial charge in [-0.05, 0) is 44.0 Å². The average molecular weight is 561 g/mol. The van der Waals surface area contributed by atoms with E-state index < -0.39 is 15.9 Å². The minimum atomic E-state index is -3.49. The maximum Gasteiger partial charge on any atom is 0.264 e. The summed E-state index contributed by atoms with van der Waals surface area (Å²) in [5.41, 5.74) is 1.98. The van der Waals surface area contributed by atoms with Crippen molar-refractivity contribution >= 4 is 27.0 Å². The molecule has 2 aliphatic rings. The molecular formula is C27H36N4O7S. The molecule has 0 radical (unpaired) electrons. The van der Waals surface area contributed by atoms with E-state index in [1.807, 2.05) is 51.4 Å². The van der Waals surface area contributed by atoms with E-state index in [1.54, 1.807) is 13.4 Å². The van der Waals surface area contributed by atoms with Crippen molar-refractivity contribution in [3.8, 4) is 5.75 Å². The van der Waals surface area contributed by atoms with Crippen molar-refractivity contribution in [2.45, 2.75) is 50.8 Å². The number of rotatable bonds is 11. The second kappa shape index (κ2) is 11.0. The van der Waals surface area contributed by atoms with Crippen LogP contribution in [0, 0.1) is 5.92 Å². The number of nitrogens with zero attached hydrogens (tertiary/aromatic N) is 4. The second-order valence-corrected chi connectivity index (χ2v) is 12.2. The Morgan fingerprint density at radius 2 is 1.85 bits per heavy atom. The van der Waals surface area contributed by atoms with Gasteiger partial charge in [-0.1, -0.05) is 12.1 Å². The molecular weight excluding hydrogens is 524 g/mol. The number of hydrogen-bond acceptors (Lipinski definition) is 10. The van der Waals surface area contributed by atoms with Crippen LogP contribution >= 0.6 is 0 Å². The van der Waals surface area contributed by atoms with E-state index in [9.17, 15) is 8.42 Å². The lowest BCUT2D eigenvalue weighted by atomic mass is 10.1. The average Bonchev–Trinajstić information content (AvgIpc) is 3.54. The number of methoxy groups -OCH3 is 1. The molecule has 0 unspecified atom stereocenters. The third-order valence-corrected chi connectivity index (χ3v) is 7.79. The Morgan fingerprint density at radius 3 is 2.56 bits per heavy atom. The molecule has 2 fully saturated rings. The van der Waals surface area contributed by atoms with Gasteiger partial charge in [-0.25, -0.2) is 9.97 Å². The molecule has 0 amide bonds. The van der Waals surface area contributed by atoms with Crippen LogP contribution in [0.15, 0.2) is 42.9 Å². The number of fused-ring (bicyclic) bond motifs is 2. The van der Waals surface area contributed by atoms with Crippen molar-refractivity contribution in [1.29, 1.82) is 0 Å². The minimum absolute atomic E-state index is 0.00945. The fourth-order valence-corrected chi connectivity index (χ4v) is 5.95. The molecule has 2 aromatic heterocycles. The van der Waals surface area contributed by atoms with Crippen LogP contribution in [0.1, 0.15) is 31.9 Å². The van der Waals surface area contributed by atoms with Gasteiger partial charge in [0.15, 0.2) is 5.79 Å². The zero-order valence-electron chi connectivity index (χ0n) is 22.9. The fraction of sp³-hybridized carbons (Fsp3) is 0.556. The molecule has 1 aromatic carbocycles. The van der Waals surface area contributed by atoms with Gasteiger partial charge in [-0.3, -0.25) is 4.18 Å². The Balaban J connectivity index is 1.33. The van der Waals surface area contributed by atoms with E-state index in [4.69, 9.17) is 23.1 Å². The highest BCUT2D eigenvalue weighted by molar-refractivity contribution is 7.85. The van der Waals surface area contributed by atoms with Gasteiger partial charge in [0, 0.05) is 25.7 Å². The first-order chi connectivity index (χ1) is 18.5. The molecule has 0 bridgehead atoms. The van der Waals surface area contributed by atoms with Crippen LogP contribution < -0.4 is 9.64 Å². The largest absolute Gasteiger partial charge is 0.497 e. The maximum absolute atomic E-state index is 11.2. The van der Waals surface area contributed by atoms with Gasteiger partial charge in [0.1, 0.15) is 29.6 Å². The van der Waals surface area contributed by atoms with E-state index in [1.165, 1.54) is 0 Å². The summed E-state index contributed by atoms with van der Waals surface area (Å²) in [5.74, 6) is 1.02. The van der Waals surface area contributed by atoms with Crippen molar-refractivity contribution in [3.63, 3.8) is 0 Å². The Morgan fingerprint density at radius 1 is 1.10 bits per heavy atom. The predicted octanol–water partition coefficient (Wildman–Crippen LogP) is 3.15. The number of ether oxygens (including phenoxy) is 4. The first-order valence-electron chi connectivity index (χ1n) is 13.0. The van der Waals surface area contributed by atoms with Gasteiger partial charge < -0.3 is 28.4 Å². The topological polar surface area (TPSA) is 114 Å². The van der Waals surface area contributed by atoms with Gasteiger partial charge in [-0.15, -0.1) is 0 Å². The monoisotopic (exact) mass is 560 g/mol. The van der Waals surface area contributed by atoms with Gasteiger partial charge in [0.25, 0.3) is 10.1 Å². The molecule has 4 atom stereocenters. The Hall–Kier alpha value is -2.77. The summed E-state index contributed by atoms with van der Waals surface area (Å²) >= 11 is 0. The summed E-state index contributed by atoms with van der Waals surface area (Å²) in [6, 6.07) is 10.0. The van der Waals surface area contributed by atoms with Crippen LogP contribution in [0.5, 0.6) is 5.75 Å². The van der Waals surface area contributed by atoms with Crippen molar-refractivity contribution in [1.82, 2.24) is 14.5 Å². The molecule has 12 heteroatoms. The lowest BCUT2D eigenvalue weighted by Crippen LogP contribution is -2.28. The Bertz CT molecular complexity index is 1390.